The monoisotopic (exact) mass is 479 g/mol. The molecule has 0 spiro atoms. The van der Waals surface area contributed by atoms with Gasteiger partial charge in [-0.3, -0.25) is 4.79 Å². The van der Waals surface area contributed by atoms with Crippen molar-refractivity contribution in [2.24, 2.45) is 0 Å². The molecule has 0 radical (unpaired) electrons. The van der Waals surface area contributed by atoms with Gasteiger partial charge >= 0.3 is 5.97 Å². The van der Waals surface area contributed by atoms with Crippen molar-refractivity contribution in [3.05, 3.63) is 126 Å². The molecule has 1 N–H and O–H groups in total. The normalized spacial score (nSPS) is 11.9. The standard InChI is InChI=1S/C31H29NO4/c1-22(35-27-20-16-25(17-21-27)31(2,3)24-10-6-4-7-11-24)30(34)36-28-18-14-23(15-19-28)29(33)32-26-12-8-5-9-13-26/h4-22H,1-3H3,(H,32,33). The van der Waals surface area contributed by atoms with Crippen molar-refractivity contribution >= 4 is 17.6 Å². The fraction of sp³-hybridized carbons (Fsp3) is 0.161. The number of ether oxygens (including phenoxy) is 2. The lowest BCUT2D eigenvalue weighted by atomic mass is 9.78. The van der Waals surface area contributed by atoms with E-state index in [2.05, 4.69) is 31.3 Å². The van der Waals surface area contributed by atoms with Crippen LogP contribution < -0.4 is 14.8 Å². The molecule has 5 nitrogen and oxygen atoms in total. The van der Waals surface area contributed by atoms with Gasteiger partial charge in [-0.05, 0) is 66.6 Å². The van der Waals surface area contributed by atoms with E-state index in [0.29, 0.717) is 22.7 Å². The summed E-state index contributed by atoms with van der Waals surface area (Å²) >= 11 is 0. The number of amides is 1. The molecule has 0 aliphatic carbocycles. The number of esters is 1. The van der Waals surface area contributed by atoms with E-state index in [0.717, 1.165) is 5.56 Å². The van der Waals surface area contributed by atoms with E-state index >= 15 is 0 Å². The largest absolute Gasteiger partial charge is 0.479 e. The highest BCUT2D eigenvalue weighted by Gasteiger charge is 2.23. The summed E-state index contributed by atoms with van der Waals surface area (Å²) in [5.41, 5.74) is 3.38. The van der Waals surface area contributed by atoms with Gasteiger partial charge in [0.2, 0.25) is 0 Å². The summed E-state index contributed by atoms with van der Waals surface area (Å²) in [5.74, 6) is 0.159. The van der Waals surface area contributed by atoms with E-state index in [4.69, 9.17) is 9.47 Å². The zero-order valence-corrected chi connectivity index (χ0v) is 20.6. The van der Waals surface area contributed by atoms with Crippen LogP contribution in [-0.2, 0) is 10.2 Å². The number of hydrogen-bond acceptors (Lipinski definition) is 4. The maximum absolute atomic E-state index is 12.6. The average Bonchev–Trinajstić information content (AvgIpc) is 2.90. The molecule has 4 aromatic rings. The highest BCUT2D eigenvalue weighted by molar-refractivity contribution is 6.04. The fourth-order valence-corrected chi connectivity index (χ4v) is 3.82. The number of anilines is 1. The maximum Gasteiger partial charge on any atom is 0.352 e. The Morgan fingerprint density at radius 2 is 1.22 bits per heavy atom. The van der Waals surface area contributed by atoms with Crippen LogP contribution in [0.4, 0.5) is 5.69 Å². The van der Waals surface area contributed by atoms with Crippen molar-refractivity contribution < 1.29 is 19.1 Å². The van der Waals surface area contributed by atoms with Gasteiger partial charge in [-0.1, -0.05) is 74.5 Å². The molecular weight excluding hydrogens is 450 g/mol. The minimum atomic E-state index is -0.806. The van der Waals surface area contributed by atoms with Crippen LogP contribution in [0.3, 0.4) is 0 Å². The number of nitrogens with one attached hydrogen (secondary N) is 1. The molecule has 1 amide bonds. The number of carbonyl (C=O) groups is 2. The highest BCUT2D eigenvalue weighted by atomic mass is 16.6. The topological polar surface area (TPSA) is 64.6 Å². The Labute approximate surface area is 211 Å². The highest BCUT2D eigenvalue weighted by Crippen LogP contribution is 2.32. The minimum absolute atomic E-state index is 0.158. The van der Waals surface area contributed by atoms with Gasteiger partial charge in [-0.2, -0.15) is 0 Å². The summed E-state index contributed by atoms with van der Waals surface area (Å²) < 4.78 is 11.3. The van der Waals surface area contributed by atoms with Crippen molar-refractivity contribution in [3.63, 3.8) is 0 Å². The van der Waals surface area contributed by atoms with Gasteiger partial charge in [-0.25, -0.2) is 4.79 Å². The maximum atomic E-state index is 12.6. The van der Waals surface area contributed by atoms with E-state index in [9.17, 15) is 9.59 Å². The lowest BCUT2D eigenvalue weighted by Gasteiger charge is -2.26. The predicted octanol–water partition coefficient (Wildman–Crippen LogP) is 6.64. The summed E-state index contributed by atoms with van der Waals surface area (Å²) in [6.07, 6.45) is -0.806. The molecule has 0 aromatic heterocycles. The van der Waals surface area contributed by atoms with Crippen LogP contribution in [0.2, 0.25) is 0 Å². The van der Waals surface area contributed by atoms with E-state index < -0.39 is 12.1 Å². The SMILES string of the molecule is CC(Oc1ccc(C(C)(C)c2ccccc2)cc1)C(=O)Oc1ccc(C(=O)Nc2ccccc2)cc1. The molecule has 0 aliphatic heterocycles. The summed E-state index contributed by atoms with van der Waals surface area (Å²) in [6, 6.07) is 33.7. The van der Waals surface area contributed by atoms with Crippen molar-refractivity contribution in [1.29, 1.82) is 0 Å². The number of carbonyl (C=O) groups excluding carboxylic acids is 2. The van der Waals surface area contributed by atoms with Gasteiger partial charge in [0, 0.05) is 16.7 Å². The summed E-state index contributed by atoms with van der Waals surface area (Å²) in [5, 5.41) is 2.82. The molecule has 4 rings (SSSR count). The Morgan fingerprint density at radius 1 is 0.694 bits per heavy atom. The van der Waals surface area contributed by atoms with Crippen LogP contribution in [-0.4, -0.2) is 18.0 Å². The first-order chi connectivity index (χ1) is 17.3. The third-order valence-electron chi connectivity index (χ3n) is 6.08. The Kier molecular flexibility index (Phi) is 7.50. The van der Waals surface area contributed by atoms with Crippen LogP contribution in [0.1, 0.15) is 42.3 Å². The lowest BCUT2D eigenvalue weighted by Crippen LogP contribution is -2.28. The van der Waals surface area contributed by atoms with Crippen LogP contribution in [0.5, 0.6) is 11.5 Å². The van der Waals surface area contributed by atoms with Crippen molar-refractivity contribution in [3.8, 4) is 11.5 Å². The quantitative estimate of drug-likeness (QED) is 0.227. The van der Waals surface area contributed by atoms with Crippen LogP contribution in [0, 0.1) is 0 Å². The Balaban J connectivity index is 1.33. The first-order valence-electron chi connectivity index (χ1n) is 11.8. The molecule has 0 saturated carbocycles. The van der Waals surface area contributed by atoms with Crippen molar-refractivity contribution in [1.82, 2.24) is 0 Å². The van der Waals surface area contributed by atoms with Gasteiger partial charge in [0.1, 0.15) is 11.5 Å². The molecule has 0 fully saturated rings. The second kappa shape index (κ2) is 10.9. The van der Waals surface area contributed by atoms with Gasteiger partial charge in [0.15, 0.2) is 6.10 Å². The van der Waals surface area contributed by atoms with E-state index in [-0.39, 0.29) is 11.3 Å². The average molecular weight is 480 g/mol. The fourth-order valence-electron chi connectivity index (χ4n) is 3.82. The Hall–Kier alpha value is -4.38. The molecule has 36 heavy (non-hydrogen) atoms. The number of para-hydroxylation sites is 1. The zero-order valence-electron chi connectivity index (χ0n) is 20.6. The smallest absolute Gasteiger partial charge is 0.352 e. The Morgan fingerprint density at radius 3 is 1.83 bits per heavy atom. The molecule has 182 valence electrons. The lowest BCUT2D eigenvalue weighted by molar-refractivity contribution is -0.141. The molecule has 0 heterocycles. The molecule has 4 aromatic carbocycles. The second-order valence-electron chi connectivity index (χ2n) is 9.04. The van der Waals surface area contributed by atoms with Crippen molar-refractivity contribution in [2.45, 2.75) is 32.3 Å². The van der Waals surface area contributed by atoms with Crippen LogP contribution in [0.15, 0.2) is 109 Å². The van der Waals surface area contributed by atoms with E-state index in [1.54, 1.807) is 31.2 Å². The molecule has 0 saturated heterocycles. The number of hydrogen-bond donors (Lipinski definition) is 1. The second-order valence-corrected chi connectivity index (χ2v) is 9.04. The summed E-state index contributed by atoms with van der Waals surface area (Å²) in [7, 11) is 0. The van der Waals surface area contributed by atoms with Gasteiger partial charge in [-0.15, -0.1) is 0 Å². The van der Waals surface area contributed by atoms with E-state index in [1.807, 2.05) is 72.8 Å². The first kappa shape index (κ1) is 24.7. The van der Waals surface area contributed by atoms with Gasteiger partial charge in [0.05, 0.1) is 0 Å². The molecule has 0 aliphatic rings. The molecule has 1 atom stereocenters. The molecule has 0 bridgehead atoms. The van der Waals surface area contributed by atoms with E-state index in [1.165, 1.54) is 5.56 Å². The number of rotatable bonds is 8. The van der Waals surface area contributed by atoms with Gasteiger partial charge < -0.3 is 14.8 Å². The molecule has 1 unspecified atom stereocenters. The molecule has 5 heteroatoms. The minimum Gasteiger partial charge on any atom is -0.479 e. The van der Waals surface area contributed by atoms with Crippen LogP contribution >= 0.6 is 0 Å². The third kappa shape index (κ3) is 5.99. The number of benzene rings is 4. The Bertz CT molecular complexity index is 1300. The first-order valence-corrected chi connectivity index (χ1v) is 11.8. The zero-order chi connectivity index (χ0) is 25.5. The summed E-state index contributed by atoms with van der Waals surface area (Å²) in [4.78, 5) is 24.9. The predicted molar refractivity (Wildman–Crippen MR) is 142 cm³/mol. The molecular formula is C31H29NO4. The van der Waals surface area contributed by atoms with Crippen molar-refractivity contribution in [2.75, 3.05) is 5.32 Å². The summed E-state index contributed by atoms with van der Waals surface area (Å²) in [6.45, 7) is 6.00. The third-order valence-corrected chi connectivity index (χ3v) is 6.08. The van der Waals surface area contributed by atoms with Gasteiger partial charge in [0.25, 0.3) is 5.91 Å². The van der Waals surface area contributed by atoms with Crippen LogP contribution in [0.25, 0.3) is 0 Å².